The van der Waals surface area contributed by atoms with Crippen LogP contribution < -0.4 is 0 Å². The second-order valence-corrected chi connectivity index (χ2v) is 6.72. The monoisotopic (exact) mass is 244 g/mol. The molecule has 0 radical (unpaired) electrons. The van der Waals surface area contributed by atoms with E-state index in [0.717, 1.165) is 11.7 Å². The van der Waals surface area contributed by atoms with E-state index in [2.05, 4.69) is 0 Å². The Morgan fingerprint density at radius 1 is 1.50 bits per heavy atom. The van der Waals surface area contributed by atoms with Crippen molar-refractivity contribution in [2.45, 2.75) is 36.3 Å². The van der Waals surface area contributed by atoms with Gasteiger partial charge in [-0.15, -0.1) is 23.2 Å². The van der Waals surface area contributed by atoms with Gasteiger partial charge in [-0.3, -0.25) is 0 Å². The first-order valence-corrected chi connectivity index (χ1v) is 7.66. The van der Waals surface area contributed by atoms with Crippen molar-refractivity contribution in [3.63, 3.8) is 0 Å². The van der Waals surface area contributed by atoms with Crippen LogP contribution in [-0.2, 0) is 0 Å². The molecule has 1 heterocycles. The van der Waals surface area contributed by atoms with E-state index in [1.165, 1.54) is 25.0 Å². The number of halogens is 2. The van der Waals surface area contributed by atoms with Gasteiger partial charge >= 0.3 is 0 Å². The second-order valence-electron chi connectivity index (χ2n) is 3.01. The first kappa shape index (κ1) is 11.4. The summed E-state index contributed by atoms with van der Waals surface area (Å²) in [5.74, 6) is 1.92. The molecule has 1 unspecified atom stereocenters. The topological polar surface area (TPSA) is 0 Å². The predicted octanol–water partition coefficient (Wildman–Crippen LogP) is 4.16. The molecule has 2 atom stereocenters. The van der Waals surface area contributed by atoms with Crippen LogP contribution in [0.2, 0.25) is 0 Å². The summed E-state index contributed by atoms with van der Waals surface area (Å²) in [6.45, 7) is 0. The van der Waals surface area contributed by atoms with Crippen molar-refractivity contribution >= 4 is 44.8 Å². The summed E-state index contributed by atoms with van der Waals surface area (Å²) >= 11 is 11.5. The number of alkyl halides is 2. The molecule has 4 heteroatoms. The minimum Gasteiger partial charge on any atom is -0.125 e. The maximum absolute atomic E-state index is 5.91. The minimum atomic E-state index is 0.186. The maximum Gasteiger partial charge on any atom is 0.0471 e. The number of rotatable bonds is 5. The molecule has 0 aromatic rings. The predicted molar refractivity (Wildman–Crippen MR) is 62.7 cm³/mol. The lowest BCUT2D eigenvalue weighted by Crippen LogP contribution is -2.03. The van der Waals surface area contributed by atoms with Crippen molar-refractivity contribution < 1.29 is 0 Å². The summed E-state index contributed by atoms with van der Waals surface area (Å²) < 4.78 is 0. The highest BCUT2D eigenvalue weighted by Crippen LogP contribution is 2.39. The molecule has 0 bridgehead atoms. The molecule has 0 saturated carbocycles. The molecule has 0 aromatic heterocycles. The molecule has 1 aliphatic rings. The van der Waals surface area contributed by atoms with Gasteiger partial charge in [0.1, 0.15) is 0 Å². The van der Waals surface area contributed by atoms with E-state index in [0.29, 0.717) is 5.88 Å². The fourth-order valence-corrected chi connectivity index (χ4v) is 4.54. The van der Waals surface area contributed by atoms with Crippen LogP contribution in [0.4, 0.5) is 0 Å². The Kier molecular flexibility index (Phi) is 6.33. The average molecular weight is 245 g/mol. The normalized spacial score (nSPS) is 26.0. The van der Waals surface area contributed by atoms with Gasteiger partial charge in [-0.1, -0.05) is 28.0 Å². The number of hydrogen-bond acceptors (Lipinski definition) is 2. The van der Waals surface area contributed by atoms with Gasteiger partial charge in [0.25, 0.3) is 0 Å². The Hall–Kier alpha value is 1.28. The summed E-state index contributed by atoms with van der Waals surface area (Å²) in [6.07, 6.45) is 5.01. The molecule has 0 spiro atoms. The summed E-state index contributed by atoms with van der Waals surface area (Å²) in [4.78, 5) is 0. The first-order chi connectivity index (χ1) is 5.83. The lowest BCUT2D eigenvalue weighted by molar-refractivity contribution is 0.647. The molecular weight excluding hydrogens is 231 g/mol. The van der Waals surface area contributed by atoms with Crippen molar-refractivity contribution in [1.82, 2.24) is 0 Å². The molecule has 1 aliphatic heterocycles. The Bertz CT molecular complexity index is 116. The van der Waals surface area contributed by atoms with Crippen LogP contribution in [0.3, 0.4) is 0 Å². The molecular formula is C8H14Cl2S2. The quantitative estimate of drug-likeness (QED) is 0.527. The molecule has 0 aromatic carbocycles. The minimum absolute atomic E-state index is 0.186. The van der Waals surface area contributed by atoms with Gasteiger partial charge in [0.2, 0.25) is 0 Å². The Labute approximate surface area is 92.5 Å². The highest BCUT2D eigenvalue weighted by Gasteiger charge is 2.16. The summed E-state index contributed by atoms with van der Waals surface area (Å²) in [5, 5.41) is 1.07. The molecule has 72 valence electrons. The summed E-state index contributed by atoms with van der Waals surface area (Å²) in [6, 6.07) is 0. The molecule has 0 aliphatic carbocycles. The third kappa shape index (κ3) is 4.50. The van der Waals surface area contributed by atoms with E-state index in [9.17, 15) is 0 Å². The Balaban J connectivity index is 1.94. The first-order valence-electron chi connectivity index (χ1n) is 4.31. The third-order valence-corrected chi connectivity index (χ3v) is 5.85. The number of hydrogen-bond donors (Lipinski definition) is 0. The van der Waals surface area contributed by atoms with Crippen LogP contribution in [0.25, 0.3) is 0 Å². The maximum atomic E-state index is 5.91. The van der Waals surface area contributed by atoms with Gasteiger partial charge in [0, 0.05) is 22.3 Å². The van der Waals surface area contributed by atoms with Crippen LogP contribution in [0.15, 0.2) is 0 Å². The van der Waals surface area contributed by atoms with Crippen LogP contribution >= 0.6 is 44.8 Å². The van der Waals surface area contributed by atoms with Gasteiger partial charge in [0.15, 0.2) is 0 Å². The smallest absolute Gasteiger partial charge is 0.0471 e. The average Bonchev–Trinajstić information content (AvgIpc) is 2.57. The SMILES string of the molecule is ClCC(Cl)CCC[C@@H]1CCSS1. The fourth-order valence-electron chi connectivity index (χ4n) is 1.21. The van der Waals surface area contributed by atoms with Gasteiger partial charge in [-0.25, -0.2) is 0 Å². The van der Waals surface area contributed by atoms with Crippen molar-refractivity contribution in [2.24, 2.45) is 0 Å². The molecule has 12 heavy (non-hydrogen) atoms. The van der Waals surface area contributed by atoms with E-state index in [1.54, 1.807) is 0 Å². The van der Waals surface area contributed by atoms with Gasteiger partial charge < -0.3 is 0 Å². The lowest BCUT2D eigenvalue weighted by atomic mass is 10.1. The van der Waals surface area contributed by atoms with E-state index >= 15 is 0 Å². The van der Waals surface area contributed by atoms with Crippen LogP contribution in [-0.4, -0.2) is 22.3 Å². The summed E-state index contributed by atoms with van der Waals surface area (Å²) in [7, 11) is 4.05. The standard InChI is InChI=1S/C8H14Cl2S2/c9-6-7(10)2-1-3-8-4-5-11-12-8/h7-8H,1-6H2/t7?,8-/m1/s1. The van der Waals surface area contributed by atoms with Crippen molar-refractivity contribution in [1.29, 1.82) is 0 Å². The molecule has 0 amide bonds. The van der Waals surface area contributed by atoms with Crippen molar-refractivity contribution in [2.75, 3.05) is 11.6 Å². The zero-order valence-corrected chi connectivity index (χ0v) is 10.1. The van der Waals surface area contributed by atoms with E-state index in [4.69, 9.17) is 23.2 Å². The highest BCUT2D eigenvalue weighted by atomic mass is 35.5. The van der Waals surface area contributed by atoms with Crippen LogP contribution in [0.1, 0.15) is 25.7 Å². The van der Waals surface area contributed by atoms with E-state index < -0.39 is 0 Å². The Morgan fingerprint density at radius 2 is 2.33 bits per heavy atom. The summed E-state index contributed by atoms with van der Waals surface area (Å²) in [5.41, 5.74) is 0. The highest BCUT2D eigenvalue weighted by molar-refractivity contribution is 8.77. The molecule has 1 rings (SSSR count). The third-order valence-electron chi connectivity index (χ3n) is 1.94. The molecule has 1 fully saturated rings. The zero-order valence-electron chi connectivity index (χ0n) is 6.97. The fraction of sp³-hybridized carbons (Fsp3) is 1.00. The van der Waals surface area contributed by atoms with Crippen LogP contribution in [0.5, 0.6) is 0 Å². The van der Waals surface area contributed by atoms with Crippen molar-refractivity contribution in [3.05, 3.63) is 0 Å². The van der Waals surface area contributed by atoms with Gasteiger partial charge in [0.05, 0.1) is 0 Å². The zero-order chi connectivity index (χ0) is 8.81. The van der Waals surface area contributed by atoms with Gasteiger partial charge in [-0.05, 0) is 19.3 Å². The van der Waals surface area contributed by atoms with E-state index in [1.807, 2.05) is 21.6 Å². The Morgan fingerprint density at radius 3 is 2.92 bits per heavy atom. The van der Waals surface area contributed by atoms with Crippen LogP contribution in [0, 0.1) is 0 Å². The second kappa shape index (κ2) is 6.69. The largest absolute Gasteiger partial charge is 0.125 e. The van der Waals surface area contributed by atoms with E-state index in [-0.39, 0.29) is 5.38 Å². The molecule has 0 N–H and O–H groups in total. The molecule has 0 nitrogen and oxygen atoms in total. The van der Waals surface area contributed by atoms with Crippen molar-refractivity contribution in [3.8, 4) is 0 Å². The lowest BCUT2D eigenvalue weighted by Gasteiger charge is -2.08. The molecule has 1 saturated heterocycles. The van der Waals surface area contributed by atoms with Gasteiger partial charge in [-0.2, -0.15) is 0 Å².